The Kier molecular flexibility index (Phi) is 5.07. The summed E-state index contributed by atoms with van der Waals surface area (Å²) >= 11 is 1.56. The summed E-state index contributed by atoms with van der Waals surface area (Å²) in [4.78, 5) is 14.9. The Hall–Kier alpha value is -1.94. The molecule has 104 valence electrons. The lowest BCUT2D eigenvalue weighted by Gasteiger charge is -2.17. The van der Waals surface area contributed by atoms with Gasteiger partial charge in [0, 0.05) is 24.2 Å². The molecule has 0 atom stereocenters. The van der Waals surface area contributed by atoms with Crippen molar-refractivity contribution in [2.45, 2.75) is 11.4 Å². The van der Waals surface area contributed by atoms with Crippen LogP contribution in [0.2, 0.25) is 0 Å². The minimum Gasteiger partial charge on any atom is -0.399 e. The van der Waals surface area contributed by atoms with E-state index < -0.39 is 0 Å². The third kappa shape index (κ3) is 4.31. The van der Waals surface area contributed by atoms with E-state index in [4.69, 9.17) is 5.73 Å². The fourth-order valence-electron chi connectivity index (χ4n) is 1.76. The Labute approximate surface area is 123 Å². The summed E-state index contributed by atoms with van der Waals surface area (Å²) < 4.78 is 0. The van der Waals surface area contributed by atoms with Crippen molar-refractivity contribution in [3.63, 3.8) is 0 Å². The number of carbonyl (C=O) groups excluding carboxylic acids is 1. The van der Waals surface area contributed by atoms with Crippen LogP contribution in [0.4, 0.5) is 5.69 Å². The number of carbonyl (C=O) groups is 1. The maximum Gasteiger partial charge on any atom is 0.232 e. The molecule has 2 rings (SSSR count). The third-order valence-electron chi connectivity index (χ3n) is 2.93. The summed E-state index contributed by atoms with van der Waals surface area (Å²) in [7, 11) is 1.82. The van der Waals surface area contributed by atoms with Crippen molar-refractivity contribution in [1.82, 2.24) is 4.90 Å². The predicted molar refractivity (Wildman–Crippen MR) is 84.5 cm³/mol. The number of thioether (sulfide) groups is 1. The van der Waals surface area contributed by atoms with Gasteiger partial charge in [-0.2, -0.15) is 0 Å². The zero-order chi connectivity index (χ0) is 14.4. The minimum absolute atomic E-state index is 0.121. The Morgan fingerprint density at radius 2 is 1.75 bits per heavy atom. The van der Waals surface area contributed by atoms with Gasteiger partial charge in [0.25, 0.3) is 0 Å². The molecule has 1 amide bonds. The molecule has 20 heavy (non-hydrogen) atoms. The standard InChI is InChI=1S/C16H18N2OS/c1-18(11-13-7-9-14(17)10-8-13)16(19)12-20-15-5-3-2-4-6-15/h2-10H,11-12,17H2,1H3. The topological polar surface area (TPSA) is 46.3 Å². The van der Waals surface area contributed by atoms with Crippen molar-refractivity contribution in [3.8, 4) is 0 Å². The molecule has 0 fully saturated rings. The Morgan fingerprint density at radius 3 is 2.40 bits per heavy atom. The van der Waals surface area contributed by atoms with Crippen LogP contribution in [0.15, 0.2) is 59.5 Å². The lowest BCUT2D eigenvalue weighted by molar-refractivity contribution is -0.127. The van der Waals surface area contributed by atoms with Crippen molar-refractivity contribution >= 4 is 23.4 Å². The van der Waals surface area contributed by atoms with Gasteiger partial charge in [0.2, 0.25) is 5.91 Å². The fourth-order valence-corrected chi connectivity index (χ4v) is 2.62. The molecule has 3 nitrogen and oxygen atoms in total. The van der Waals surface area contributed by atoms with E-state index in [-0.39, 0.29) is 5.91 Å². The predicted octanol–water partition coefficient (Wildman–Crippen LogP) is 3.02. The van der Waals surface area contributed by atoms with Crippen molar-refractivity contribution in [3.05, 3.63) is 60.2 Å². The number of amides is 1. The van der Waals surface area contributed by atoms with E-state index >= 15 is 0 Å². The Morgan fingerprint density at radius 1 is 1.10 bits per heavy atom. The quantitative estimate of drug-likeness (QED) is 0.679. The molecule has 0 aliphatic rings. The molecule has 4 heteroatoms. The minimum atomic E-state index is 0.121. The highest BCUT2D eigenvalue weighted by Gasteiger charge is 2.09. The second kappa shape index (κ2) is 7.01. The Balaban J connectivity index is 1.84. The van der Waals surface area contributed by atoms with E-state index in [1.165, 1.54) is 0 Å². The second-order valence-corrected chi connectivity index (χ2v) is 5.64. The van der Waals surface area contributed by atoms with Gasteiger partial charge in [0.15, 0.2) is 0 Å². The molecule has 0 saturated carbocycles. The molecule has 0 bridgehead atoms. The van der Waals surface area contributed by atoms with Gasteiger partial charge in [-0.05, 0) is 29.8 Å². The number of rotatable bonds is 5. The van der Waals surface area contributed by atoms with E-state index in [1.807, 2.05) is 61.6 Å². The van der Waals surface area contributed by atoms with Gasteiger partial charge < -0.3 is 10.6 Å². The number of nitrogens with two attached hydrogens (primary N) is 1. The molecule has 0 saturated heterocycles. The largest absolute Gasteiger partial charge is 0.399 e. The van der Waals surface area contributed by atoms with Gasteiger partial charge in [-0.15, -0.1) is 11.8 Å². The molecule has 2 N–H and O–H groups in total. The number of benzene rings is 2. The normalized spacial score (nSPS) is 10.2. The van der Waals surface area contributed by atoms with Crippen molar-refractivity contribution in [2.75, 3.05) is 18.5 Å². The number of nitrogens with zero attached hydrogens (tertiary/aromatic N) is 1. The monoisotopic (exact) mass is 286 g/mol. The number of hydrogen-bond donors (Lipinski definition) is 1. The molecule has 0 radical (unpaired) electrons. The van der Waals surface area contributed by atoms with Crippen LogP contribution in [-0.2, 0) is 11.3 Å². The zero-order valence-electron chi connectivity index (χ0n) is 11.5. The summed E-state index contributed by atoms with van der Waals surface area (Å²) in [5.41, 5.74) is 7.47. The zero-order valence-corrected chi connectivity index (χ0v) is 12.3. The average Bonchev–Trinajstić information content (AvgIpc) is 2.48. The van der Waals surface area contributed by atoms with Gasteiger partial charge in [0.1, 0.15) is 0 Å². The van der Waals surface area contributed by atoms with E-state index in [0.29, 0.717) is 12.3 Å². The maximum atomic E-state index is 12.1. The SMILES string of the molecule is CN(Cc1ccc(N)cc1)C(=O)CSc1ccccc1. The van der Waals surface area contributed by atoms with Crippen LogP contribution in [0.3, 0.4) is 0 Å². The Bertz CT molecular complexity index is 554. The molecular formula is C16H18N2OS. The first-order valence-corrected chi connectivity index (χ1v) is 7.40. The van der Waals surface area contributed by atoms with Crippen molar-refractivity contribution in [1.29, 1.82) is 0 Å². The first kappa shape index (κ1) is 14.5. The summed E-state index contributed by atoms with van der Waals surface area (Å²) in [6.45, 7) is 0.606. The van der Waals surface area contributed by atoms with Crippen LogP contribution in [-0.4, -0.2) is 23.6 Å². The van der Waals surface area contributed by atoms with Crippen LogP contribution < -0.4 is 5.73 Å². The van der Waals surface area contributed by atoms with E-state index in [2.05, 4.69) is 0 Å². The summed E-state index contributed by atoms with van der Waals surface area (Å²) in [6.07, 6.45) is 0. The van der Waals surface area contributed by atoms with Crippen LogP contribution >= 0.6 is 11.8 Å². The molecule has 0 heterocycles. The molecule has 2 aromatic rings. The highest BCUT2D eigenvalue weighted by molar-refractivity contribution is 8.00. The van der Waals surface area contributed by atoms with Crippen LogP contribution in [0.1, 0.15) is 5.56 Å². The first-order valence-electron chi connectivity index (χ1n) is 6.41. The molecule has 0 aliphatic carbocycles. The summed E-state index contributed by atoms with van der Waals surface area (Å²) in [6, 6.07) is 17.6. The molecule has 0 aliphatic heterocycles. The highest BCUT2D eigenvalue weighted by atomic mass is 32.2. The second-order valence-electron chi connectivity index (χ2n) is 4.59. The van der Waals surface area contributed by atoms with Gasteiger partial charge in [-0.3, -0.25) is 4.79 Å². The maximum absolute atomic E-state index is 12.1. The van der Waals surface area contributed by atoms with Gasteiger partial charge in [-0.25, -0.2) is 0 Å². The molecule has 0 unspecified atom stereocenters. The van der Waals surface area contributed by atoms with Crippen molar-refractivity contribution in [2.24, 2.45) is 0 Å². The average molecular weight is 286 g/mol. The summed E-state index contributed by atoms with van der Waals surface area (Å²) in [5, 5.41) is 0. The number of nitrogen functional groups attached to an aromatic ring is 1. The molecular weight excluding hydrogens is 268 g/mol. The van der Waals surface area contributed by atoms with E-state index in [1.54, 1.807) is 16.7 Å². The fraction of sp³-hybridized carbons (Fsp3) is 0.188. The van der Waals surface area contributed by atoms with Crippen LogP contribution in [0, 0.1) is 0 Å². The molecule has 2 aromatic carbocycles. The van der Waals surface area contributed by atoms with Crippen LogP contribution in [0.5, 0.6) is 0 Å². The third-order valence-corrected chi connectivity index (χ3v) is 3.93. The lowest BCUT2D eigenvalue weighted by Crippen LogP contribution is -2.27. The first-order chi connectivity index (χ1) is 9.65. The van der Waals surface area contributed by atoms with Crippen molar-refractivity contribution < 1.29 is 4.79 Å². The van der Waals surface area contributed by atoms with Gasteiger partial charge in [-0.1, -0.05) is 30.3 Å². The van der Waals surface area contributed by atoms with Crippen LogP contribution in [0.25, 0.3) is 0 Å². The summed E-state index contributed by atoms with van der Waals surface area (Å²) in [5.74, 6) is 0.575. The molecule has 0 spiro atoms. The highest BCUT2D eigenvalue weighted by Crippen LogP contribution is 2.17. The van der Waals surface area contributed by atoms with E-state index in [0.717, 1.165) is 16.1 Å². The number of hydrogen-bond acceptors (Lipinski definition) is 3. The van der Waals surface area contributed by atoms with Gasteiger partial charge in [0.05, 0.1) is 5.75 Å². The number of anilines is 1. The lowest BCUT2D eigenvalue weighted by atomic mass is 10.2. The smallest absolute Gasteiger partial charge is 0.232 e. The van der Waals surface area contributed by atoms with Gasteiger partial charge >= 0.3 is 0 Å². The molecule has 0 aromatic heterocycles. The van der Waals surface area contributed by atoms with E-state index in [9.17, 15) is 4.79 Å².